The maximum Gasteiger partial charge on any atom is 0.240 e. The number of hydrogen-bond donors (Lipinski definition) is 0. The van der Waals surface area contributed by atoms with Gasteiger partial charge in [-0.2, -0.15) is 4.98 Å². The lowest BCUT2D eigenvalue weighted by molar-refractivity contribution is 0.214. The molecular formula is C19H20FN5O2. The molecule has 1 fully saturated rings. The molecule has 27 heavy (non-hydrogen) atoms. The van der Waals surface area contributed by atoms with E-state index in [0.29, 0.717) is 24.0 Å². The number of nitrogens with zero attached hydrogens (tertiary/aromatic N) is 5. The average molecular weight is 369 g/mol. The van der Waals surface area contributed by atoms with Gasteiger partial charge in [-0.05, 0) is 36.4 Å². The molecule has 3 aromatic rings. The Morgan fingerprint density at radius 1 is 1.04 bits per heavy atom. The lowest BCUT2D eigenvalue weighted by Gasteiger charge is -2.34. The number of anilines is 1. The van der Waals surface area contributed by atoms with E-state index < -0.39 is 0 Å². The molecule has 1 aliphatic heterocycles. The van der Waals surface area contributed by atoms with Crippen molar-refractivity contribution in [2.24, 2.45) is 0 Å². The minimum absolute atomic E-state index is 0.183. The number of pyridine rings is 1. The van der Waals surface area contributed by atoms with Crippen molar-refractivity contribution in [3.63, 3.8) is 0 Å². The van der Waals surface area contributed by atoms with Crippen LogP contribution in [0.5, 0.6) is 5.75 Å². The molecule has 0 N–H and O–H groups in total. The monoisotopic (exact) mass is 369 g/mol. The van der Waals surface area contributed by atoms with Crippen LogP contribution < -0.4 is 9.64 Å². The fourth-order valence-electron chi connectivity index (χ4n) is 2.96. The van der Waals surface area contributed by atoms with Gasteiger partial charge in [0.2, 0.25) is 11.7 Å². The molecule has 7 nitrogen and oxygen atoms in total. The summed E-state index contributed by atoms with van der Waals surface area (Å²) in [6.07, 6.45) is 1.82. The number of rotatable bonds is 6. The summed E-state index contributed by atoms with van der Waals surface area (Å²) in [5, 5.41) is 3.94. The number of ether oxygens (including phenoxy) is 1. The van der Waals surface area contributed by atoms with Gasteiger partial charge in [0.1, 0.15) is 17.4 Å². The van der Waals surface area contributed by atoms with Crippen LogP contribution >= 0.6 is 0 Å². The Morgan fingerprint density at radius 3 is 2.59 bits per heavy atom. The van der Waals surface area contributed by atoms with Crippen molar-refractivity contribution in [2.45, 2.75) is 13.2 Å². The normalized spacial score (nSPS) is 15.1. The van der Waals surface area contributed by atoms with Gasteiger partial charge < -0.3 is 14.2 Å². The first-order valence-electron chi connectivity index (χ1n) is 8.84. The minimum Gasteiger partial charge on any atom is -0.485 e. The SMILES string of the molecule is Fc1ccc(OCc2noc(CN3CCN(c4ccccn4)CC3)n2)cc1. The Kier molecular flexibility index (Phi) is 5.24. The van der Waals surface area contributed by atoms with Crippen LogP contribution in [0.1, 0.15) is 11.7 Å². The van der Waals surface area contributed by atoms with Gasteiger partial charge in [-0.1, -0.05) is 11.2 Å². The smallest absolute Gasteiger partial charge is 0.240 e. The zero-order valence-electron chi connectivity index (χ0n) is 14.8. The van der Waals surface area contributed by atoms with E-state index in [1.807, 2.05) is 24.4 Å². The number of benzene rings is 1. The minimum atomic E-state index is -0.299. The summed E-state index contributed by atoms with van der Waals surface area (Å²) in [7, 11) is 0. The molecule has 0 saturated carbocycles. The molecule has 0 atom stereocenters. The summed E-state index contributed by atoms with van der Waals surface area (Å²) >= 11 is 0. The molecule has 0 amide bonds. The highest BCUT2D eigenvalue weighted by atomic mass is 19.1. The molecule has 0 unspecified atom stereocenters. The third-order valence-corrected chi connectivity index (χ3v) is 4.40. The molecule has 140 valence electrons. The summed E-state index contributed by atoms with van der Waals surface area (Å²) < 4.78 is 23.7. The predicted octanol–water partition coefficient (Wildman–Crippen LogP) is 2.50. The number of halogens is 1. The highest BCUT2D eigenvalue weighted by molar-refractivity contribution is 5.38. The van der Waals surface area contributed by atoms with Crippen LogP contribution in [0.2, 0.25) is 0 Å². The van der Waals surface area contributed by atoms with Crippen LogP contribution in [0.4, 0.5) is 10.2 Å². The standard InChI is InChI=1S/C19H20FN5O2/c20-15-4-6-16(7-5-15)26-14-17-22-19(27-23-17)13-24-9-11-25(12-10-24)18-3-1-2-8-21-18/h1-8H,9-14H2. The molecular weight excluding hydrogens is 349 g/mol. The molecule has 0 radical (unpaired) electrons. The maximum atomic E-state index is 12.9. The van der Waals surface area contributed by atoms with Crippen molar-refractivity contribution < 1.29 is 13.7 Å². The second kappa shape index (κ2) is 8.13. The Bertz CT molecular complexity index is 848. The molecule has 4 rings (SSSR count). The van der Waals surface area contributed by atoms with Crippen molar-refractivity contribution in [3.05, 3.63) is 66.2 Å². The summed E-state index contributed by atoms with van der Waals surface area (Å²) in [6.45, 7) is 4.42. The first-order chi connectivity index (χ1) is 13.3. The van der Waals surface area contributed by atoms with Gasteiger partial charge in [0.05, 0.1) is 6.54 Å². The molecule has 1 aliphatic rings. The van der Waals surface area contributed by atoms with Crippen LogP contribution in [0.25, 0.3) is 0 Å². The number of aromatic nitrogens is 3. The van der Waals surface area contributed by atoms with Crippen molar-refractivity contribution >= 4 is 5.82 Å². The molecule has 3 heterocycles. The summed E-state index contributed by atoms with van der Waals surface area (Å²) in [6, 6.07) is 11.8. The van der Waals surface area contributed by atoms with Gasteiger partial charge in [0, 0.05) is 32.4 Å². The van der Waals surface area contributed by atoms with Gasteiger partial charge in [-0.25, -0.2) is 9.37 Å². The second-order valence-electron chi connectivity index (χ2n) is 6.30. The Balaban J connectivity index is 1.25. The highest BCUT2D eigenvalue weighted by Gasteiger charge is 2.20. The van der Waals surface area contributed by atoms with Crippen LogP contribution in [-0.4, -0.2) is 46.2 Å². The molecule has 0 aliphatic carbocycles. The topological polar surface area (TPSA) is 67.5 Å². The third kappa shape index (κ3) is 4.59. The zero-order chi connectivity index (χ0) is 18.5. The van der Waals surface area contributed by atoms with Crippen LogP contribution in [0.3, 0.4) is 0 Å². The fourth-order valence-corrected chi connectivity index (χ4v) is 2.96. The van der Waals surface area contributed by atoms with Crippen LogP contribution in [0, 0.1) is 5.82 Å². The van der Waals surface area contributed by atoms with E-state index in [1.54, 1.807) is 12.1 Å². The van der Waals surface area contributed by atoms with Gasteiger partial charge in [0.25, 0.3) is 0 Å². The Hall–Kier alpha value is -3.00. The quantitative estimate of drug-likeness (QED) is 0.661. The van der Waals surface area contributed by atoms with Crippen LogP contribution in [-0.2, 0) is 13.2 Å². The molecule has 0 spiro atoms. The molecule has 2 aromatic heterocycles. The van der Waals surface area contributed by atoms with Crippen molar-refractivity contribution in [3.8, 4) is 5.75 Å². The van der Waals surface area contributed by atoms with E-state index in [1.165, 1.54) is 12.1 Å². The van der Waals surface area contributed by atoms with Crippen molar-refractivity contribution in [1.82, 2.24) is 20.0 Å². The van der Waals surface area contributed by atoms with Crippen molar-refractivity contribution in [1.29, 1.82) is 0 Å². The fraction of sp³-hybridized carbons (Fsp3) is 0.316. The van der Waals surface area contributed by atoms with E-state index in [-0.39, 0.29) is 12.4 Å². The summed E-state index contributed by atoms with van der Waals surface area (Å²) in [4.78, 5) is 13.3. The lowest BCUT2D eigenvalue weighted by atomic mass is 10.3. The molecule has 1 aromatic carbocycles. The highest BCUT2D eigenvalue weighted by Crippen LogP contribution is 2.15. The molecule has 0 bridgehead atoms. The van der Waals surface area contributed by atoms with E-state index in [2.05, 4.69) is 24.9 Å². The number of piperazine rings is 1. The van der Waals surface area contributed by atoms with Crippen molar-refractivity contribution in [2.75, 3.05) is 31.1 Å². The predicted molar refractivity (Wildman–Crippen MR) is 96.8 cm³/mol. The summed E-state index contributed by atoms with van der Waals surface area (Å²) in [5.41, 5.74) is 0. The first kappa shape index (κ1) is 17.4. The van der Waals surface area contributed by atoms with Gasteiger partial charge in [-0.15, -0.1) is 0 Å². The van der Waals surface area contributed by atoms with Crippen LogP contribution in [0.15, 0.2) is 53.2 Å². The maximum absolute atomic E-state index is 12.9. The Labute approximate surface area is 156 Å². The third-order valence-electron chi connectivity index (χ3n) is 4.40. The first-order valence-corrected chi connectivity index (χ1v) is 8.84. The van der Waals surface area contributed by atoms with Gasteiger partial charge >= 0.3 is 0 Å². The largest absolute Gasteiger partial charge is 0.485 e. The molecule has 8 heteroatoms. The molecule has 1 saturated heterocycles. The summed E-state index contributed by atoms with van der Waals surface area (Å²) in [5.74, 6) is 2.32. The Morgan fingerprint density at radius 2 is 1.85 bits per heavy atom. The van der Waals surface area contributed by atoms with E-state index in [4.69, 9.17) is 9.26 Å². The average Bonchev–Trinajstić information content (AvgIpc) is 3.16. The van der Waals surface area contributed by atoms with E-state index in [9.17, 15) is 4.39 Å². The van der Waals surface area contributed by atoms with Gasteiger partial charge in [0.15, 0.2) is 6.61 Å². The second-order valence-corrected chi connectivity index (χ2v) is 6.30. The zero-order valence-corrected chi connectivity index (χ0v) is 14.8. The lowest BCUT2D eigenvalue weighted by Crippen LogP contribution is -2.46. The van der Waals surface area contributed by atoms with E-state index >= 15 is 0 Å². The van der Waals surface area contributed by atoms with Gasteiger partial charge in [-0.3, -0.25) is 4.90 Å². The number of hydrogen-bond acceptors (Lipinski definition) is 7. The van der Waals surface area contributed by atoms with E-state index in [0.717, 1.165) is 32.0 Å².